The lowest BCUT2D eigenvalue weighted by atomic mass is 9.79. The summed E-state index contributed by atoms with van der Waals surface area (Å²) in [5.74, 6) is -0.282. The summed E-state index contributed by atoms with van der Waals surface area (Å²) in [5.41, 5.74) is 1.76. The zero-order valence-corrected chi connectivity index (χ0v) is 15.2. The van der Waals surface area contributed by atoms with Gasteiger partial charge in [0, 0.05) is 44.6 Å². The number of fused-ring (bicyclic) bond motifs is 1. The Bertz CT molecular complexity index is 495. The van der Waals surface area contributed by atoms with Gasteiger partial charge in [0.15, 0.2) is 0 Å². The van der Waals surface area contributed by atoms with Gasteiger partial charge in [0.25, 0.3) is 0 Å². The average Bonchev–Trinajstić information content (AvgIpc) is 2.79. The van der Waals surface area contributed by atoms with Gasteiger partial charge in [-0.05, 0) is 33.2 Å². The molecular formula is C17H30N4O4. The minimum atomic E-state index is -0.329. The van der Waals surface area contributed by atoms with Crippen LogP contribution in [0, 0.1) is 11.8 Å². The van der Waals surface area contributed by atoms with Crippen molar-refractivity contribution in [3.63, 3.8) is 0 Å². The summed E-state index contributed by atoms with van der Waals surface area (Å²) in [6.07, 6.45) is 2.15. The van der Waals surface area contributed by atoms with Crippen molar-refractivity contribution in [2.24, 2.45) is 11.8 Å². The molecule has 3 unspecified atom stereocenters. The first-order valence-corrected chi connectivity index (χ1v) is 9.29. The van der Waals surface area contributed by atoms with E-state index in [4.69, 9.17) is 9.94 Å². The highest BCUT2D eigenvalue weighted by Crippen LogP contribution is 2.34. The minimum absolute atomic E-state index is 0.0243. The van der Waals surface area contributed by atoms with Gasteiger partial charge >= 0.3 is 6.03 Å². The smallest absolute Gasteiger partial charge is 0.320 e. The number of urea groups is 1. The summed E-state index contributed by atoms with van der Waals surface area (Å²) in [6, 6.07) is 0.142. The van der Waals surface area contributed by atoms with Crippen LogP contribution in [0.2, 0.25) is 0 Å². The molecule has 2 saturated heterocycles. The van der Waals surface area contributed by atoms with Crippen molar-refractivity contribution in [1.29, 1.82) is 0 Å². The summed E-state index contributed by atoms with van der Waals surface area (Å²) in [7, 11) is 2.08. The van der Waals surface area contributed by atoms with Crippen molar-refractivity contribution < 1.29 is 19.5 Å². The zero-order valence-electron chi connectivity index (χ0n) is 15.2. The highest BCUT2D eigenvalue weighted by atomic mass is 16.5. The number of nitrogens with zero attached hydrogens (tertiary/aromatic N) is 3. The van der Waals surface area contributed by atoms with Gasteiger partial charge < -0.3 is 19.4 Å². The van der Waals surface area contributed by atoms with E-state index in [0.717, 1.165) is 39.0 Å². The van der Waals surface area contributed by atoms with Gasteiger partial charge in [-0.1, -0.05) is 0 Å². The number of hydroxylamine groups is 1. The minimum Gasteiger partial charge on any atom is -0.376 e. The molecule has 0 radical (unpaired) electrons. The lowest BCUT2D eigenvalue weighted by Crippen LogP contribution is -2.55. The molecular weight excluding hydrogens is 324 g/mol. The second-order valence-corrected chi connectivity index (χ2v) is 7.69. The van der Waals surface area contributed by atoms with Crippen molar-refractivity contribution in [3.8, 4) is 0 Å². The maximum atomic E-state index is 13.0. The van der Waals surface area contributed by atoms with Gasteiger partial charge in [-0.15, -0.1) is 0 Å². The van der Waals surface area contributed by atoms with Crippen molar-refractivity contribution in [2.45, 2.75) is 38.3 Å². The first kappa shape index (κ1) is 18.4. The lowest BCUT2D eigenvalue weighted by molar-refractivity contribution is -0.137. The van der Waals surface area contributed by atoms with Crippen LogP contribution in [-0.2, 0) is 9.53 Å². The Morgan fingerprint density at radius 3 is 2.56 bits per heavy atom. The fourth-order valence-corrected chi connectivity index (χ4v) is 4.17. The third-order valence-corrected chi connectivity index (χ3v) is 5.94. The van der Waals surface area contributed by atoms with Crippen LogP contribution in [0.15, 0.2) is 0 Å². The zero-order chi connectivity index (χ0) is 18.0. The predicted octanol–water partition coefficient (Wildman–Crippen LogP) is 0.365. The number of carbonyl (C=O) groups is 2. The van der Waals surface area contributed by atoms with Crippen LogP contribution in [0.25, 0.3) is 0 Å². The molecule has 0 bridgehead atoms. The summed E-state index contributed by atoms with van der Waals surface area (Å²) in [6.45, 7) is 6.57. The van der Waals surface area contributed by atoms with Crippen LogP contribution in [0.1, 0.15) is 26.2 Å². The highest BCUT2D eigenvalue weighted by molar-refractivity contribution is 5.77. The summed E-state index contributed by atoms with van der Waals surface area (Å²) >= 11 is 0. The molecule has 1 saturated carbocycles. The fraction of sp³-hybridized carbons (Fsp3) is 0.882. The predicted molar refractivity (Wildman–Crippen MR) is 91.1 cm³/mol. The van der Waals surface area contributed by atoms with Gasteiger partial charge in [-0.25, -0.2) is 10.3 Å². The van der Waals surface area contributed by atoms with E-state index in [1.165, 1.54) is 0 Å². The molecule has 3 amide bonds. The maximum Gasteiger partial charge on any atom is 0.320 e. The Balaban J connectivity index is 1.63. The molecule has 3 aliphatic rings. The van der Waals surface area contributed by atoms with Crippen LogP contribution >= 0.6 is 0 Å². The van der Waals surface area contributed by atoms with Gasteiger partial charge in [-0.2, -0.15) is 0 Å². The van der Waals surface area contributed by atoms with Gasteiger partial charge in [-0.3, -0.25) is 10.0 Å². The molecule has 0 aromatic carbocycles. The summed E-state index contributed by atoms with van der Waals surface area (Å²) < 4.78 is 6.05. The topological polar surface area (TPSA) is 85.3 Å². The maximum absolute atomic E-state index is 13.0. The van der Waals surface area contributed by atoms with E-state index in [-0.39, 0.29) is 35.9 Å². The highest BCUT2D eigenvalue weighted by Gasteiger charge is 2.40. The summed E-state index contributed by atoms with van der Waals surface area (Å²) in [5, 5.41) is 8.86. The molecule has 3 rings (SSSR count). The standard InChI is InChI=1S/C17H30N4O4/c1-12-11-25-15-9-13(16(22)18-24)3-4-14(15)10-21(12)17(23)20-7-5-19(2)6-8-20/h12-15,24H,3-11H2,1-2H3,(H,18,22)/t12-,13?,14?,15?/m0/s1. The fourth-order valence-electron chi connectivity index (χ4n) is 4.17. The van der Waals surface area contributed by atoms with Crippen LogP contribution in [0.4, 0.5) is 4.79 Å². The first-order valence-electron chi connectivity index (χ1n) is 9.29. The molecule has 2 heterocycles. The van der Waals surface area contributed by atoms with Crippen molar-refractivity contribution >= 4 is 11.9 Å². The number of likely N-dealkylation sites (N-methyl/N-ethyl adjacent to an activating group) is 1. The van der Waals surface area contributed by atoms with Crippen LogP contribution < -0.4 is 5.48 Å². The number of hydrogen-bond donors (Lipinski definition) is 2. The molecule has 25 heavy (non-hydrogen) atoms. The Labute approximate surface area is 149 Å². The van der Waals surface area contributed by atoms with E-state index in [2.05, 4.69) is 11.9 Å². The van der Waals surface area contributed by atoms with Gasteiger partial charge in [0.05, 0.1) is 18.8 Å². The van der Waals surface area contributed by atoms with Crippen molar-refractivity contribution in [3.05, 3.63) is 0 Å². The Morgan fingerprint density at radius 2 is 1.88 bits per heavy atom. The van der Waals surface area contributed by atoms with E-state index in [9.17, 15) is 9.59 Å². The van der Waals surface area contributed by atoms with Gasteiger partial charge in [0.1, 0.15) is 0 Å². The third kappa shape index (κ3) is 4.07. The van der Waals surface area contributed by atoms with Crippen LogP contribution in [0.5, 0.6) is 0 Å². The van der Waals surface area contributed by atoms with E-state index < -0.39 is 0 Å². The number of piperazine rings is 1. The van der Waals surface area contributed by atoms with Crippen molar-refractivity contribution in [1.82, 2.24) is 20.2 Å². The number of carbonyl (C=O) groups excluding carboxylic acids is 2. The average molecular weight is 354 g/mol. The largest absolute Gasteiger partial charge is 0.376 e. The Kier molecular flexibility index (Phi) is 5.81. The van der Waals surface area contributed by atoms with Crippen molar-refractivity contribution in [2.75, 3.05) is 46.4 Å². The molecule has 0 aromatic heterocycles. The molecule has 0 spiro atoms. The van der Waals surface area contributed by atoms with E-state index >= 15 is 0 Å². The number of rotatable bonds is 1. The molecule has 1 aliphatic carbocycles. The third-order valence-electron chi connectivity index (χ3n) is 5.94. The first-order chi connectivity index (χ1) is 12.0. The molecule has 4 atom stereocenters. The second-order valence-electron chi connectivity index (χ2n) is 7.69. The Morgan fingerprint density at radius 1 is 1.16 bits per heavy atom. The van der Waals surface area contributed by atoms with Crippen LogP contribution in [0.3, 0.4) is 0 Å². The lowest BCUT2D eigenvalue weighted by Gasteiger charge is -2.39. The number of amides is 3. The van der Waals surface area contributed by atoms with E-state index in [1.807, 2.05) is 16.7 Å². The number of hydrogen-bond acceptors (Lipinski definition) is 5. The van der Waals surface area contributed by atoms with Gasteiger partial charge in [0.2, 0.25) is 5.91 Å². The summed E-state index contributed by atoms with van der Waals surface area (Å²) in [4.78, 5) is 30.8. The number of ether oxygens (including phenoxy) is 1. The normalized spacial score (nSPS) is 34.2. The molecule has 8 nitrogen and oxygen atoms in total. The molecule has 2 N–H and O–H groups in total. The second kappa shape index (κ2) is 7.88. The molecule has 2 aliphatic heterocycles. The molecule has 0 aromatic rings. The SMILES string of the molecule is C[C@H]1COC2CC(C(=O)NO)CCC2CN1C(=O)N1CCN(C)CC1. The van der Waals surface area contributed by atoms with Crippen LogP contribution in [-0.4, -0.2) is 90.4 Å². The van der Waals surface area contributed by atoms with E-state index in [1.54, 1.807) is 5.48 Å². The van der Waals surface area contributed by atoms with E-state index in [0.29, 0.717) is 19.6 Å². The number of nitrogens with one attached hydrogen (secondary N) is 1. The quantitative estimate of drug-likeness (QED) is 0.525. The molecule has 3 fully saturated rings. The molecule has 142 valence electrons. The Hall–Kier alpha value is -1.38. The monoisotopic (exact) mass is 354 g/mol. The molecule has 8 heteroatoms.